The van der Waals surface area contributed by atoms with Gasteiger partial charge in [0.25, 0.3) is 0 Å². The molecule has 0 unspecified atom stereocenters. The van der Waals surface area contributed by atoms with E-state index >= 15 is 0 Å². The Hall–Kier alpha value is -2.44. The Labute approximate surface area is 142 Å². The molecule has 0 aliphatic heterocycles. The molecule has 2 heterocycles. The van der Waals surface area contributed by atoms with Gasteiger partial charge in [0.15, 0.2) is 0 Å². The molecule has 3 aromatic rings. The van der Waals surface area contributed by atoms with Crippen molar-refractivity contribution in [3.63, 3.8) is 0 Å². The Kier molecular flexibility index (Phi) is 4.55. The number of nitrogens with zero attached hydrogens (tertiary/aromatic N) is 4. The van der Waals surface area contributed by atoms with Crippen LogP contribution >= 0.6 is 23.2 Å². The minimum atomic E-state index is -0.190. The number of rotatable bonds is 4. The molecule has 23 heavy (non-hydrogen) atoms. The summed E-state index contributed by atoms with van der Waals surface area (Å²) in [6, 6.07) is 8.58. The molecular weight excluding hydrogens is 337 g/mol. The van der Waals surface area contributed by atoms with Gasteiger partial charge >= 0.3 is 0 Å². The fourth-order valence-corrected chi connectivity index (χ4v) is 2.28. The van der Waals surface area contributed by atoms with Gasteiger partial charge in [-0.15, -0.1) is 0 Å². The summed E-state index contributed by atoms with van der Waals surface area (Å²) in [5.74, 6) is 0.267. The van der Waals surface area contributed by atoms with Gasteiger partial charge in [-0.05, 0) is 29.8 Å². The second-order valence-corrected chi connectivity index (χ2v) is 5.53. The predicted octanol–water partition coefficient (Wildman–Crippen LogP) is 3.15. The molecule has 0 radical (unpaired) electrons. The van der Waals surface area contributed by atoms with Gasteiger partial charge in [0.2, 0.25) is 5.91 Å². The fourth-order valence-electron chi connectivity index (χ4n) is 1.96. The van der Waals surface area contributed by atoms with E-state index < -0.39 is 0 Å². The minimum Gasteiger partial charge on any atom is -0.310 e. The number of halogens is 2. The van der Waals surface area contributed by atoms with Crippen LogP contribution in [0.2, 0.25) is 10.0 Å². The minimum absolute atomic E-state index is 0.184. The molecule has 1 amide bonds. The molecule has 1 N–H and O–H groups in total. The Balaban J connectivity index is 1.64. The van der Waals surface area contributed by atoms with Crippen molar-refractivity contribution in [2.45, 2.75) is 6.42 Å². The Morgan fingerprint density at radius 1 is 1.17 bits per heavy atom. The van der Waals surface area contributed by atoms with E-state index in [1.54, 1.807) is 47.5 Å². The lowest BCUT2D eigenvalue weighted by Gasteiger charge is -2.06. The molecule has 0 fully saturated rings. The molecule has 3 rings (SSSR count). The van der Waals surface area contributed by atoms with Gasteiger partial charge in [-0.1, -0.05) is 29.3 Å². The van der Waals surface area contributed by atoms with E-state index in [9.17, 15) is 4.79 Å². The summed E-state index contributed by atoms with van der Waals surface area (Å²) < 4.78 is 1.58. The summed E-state index contributed by atoms with van der Waals surface area (Å²) in [4.78, 5) is 20.1. The summed E-state index contributed by atoms with van der Waals surface area (Å²) in [6.07, 6.45) is 4.79. The van der Waals surface area contributed by atoms with Crippen molar-refractivity contribution in [2.75, 3.05) is 5.32 Å². The van der Waals surface area contributed by atoms with Gasteiger partial charge in [-0.2, -0.15) is 5.10 Å². The van der Waals surface area contributed by atoms with E-state index in [4.69, 9.17) is 23.2 Å². The first-order valence-corrected chi connectivity index (χ1v) is 7.42. The zero-order valence-corrected chi connectivity index (χ0v) is 13.3. The third-order valence-electron chi connectivity index (χ3n) is 3.05. The second-order valence-electron chi connectivity index (χ2n) is 4.72. The topological polar surface area (TPSA) is 72.7 Å². The van der Waals surface area contributed by atoms with Gasteiger partial charge < -0.3 is 5.32 Å². The number of pyridine rings is 1. The zero-order valence-electron chi connectivity index (χ0n) is 11.8. The Morgan fingerprint density at radius 2 is 2.04 bits per heavy atom. The molecule has 0 aliphatic carbocycles. The molecule has 0 saturated carbocycles. The smallest absolute Gasteiger partial charge is 0.229 e. The fraction of sp³-hybridized carbons (Fsp3) is 0.0667. The molecule has 8 heteroatoms. The van der Waals surface area contributed by atoms with Crippen LogP contribution in [-0.4, -0.2) is 25.7 Å². The van der Waals surface area contributed by atoms with Gasteiger partial charge in [0.1, 0.15) is 18.5 Å². The van der Waals surface area contributed by atoms with Crippen molar-refractivity contribution in [1.29, 1.82) is 0 Å². The van der Waals surface area contributed by atoms with Gasteiger partial charge in [-0.3, -0.25) is 4.79 Å². The number of hydrogen-bond acceptors (Lipinski definition) is 4. The molecule has 0 bridgehead atoms. The van der Waals surface area contributed by atoms with E-state index in [1.807, 2.05) is 0 Å². The maximum atomic E-state index is 12.0. The van der Waals surface area contributed by atoms with Crippen molar-refractivity contribution in [3.05, 3.63) is 64.8 Å². The van der Waals surface area contributed by atoms with E-state index in [0.717, 1.165) is 11.3 Å². The molecule has 0 atom stereocenters. The van der Waals surface area contributed by atoms with Crippen molar-refractivity contribution in [3.8, 4) is 5.69 Å². The number of carbonyl (C=O) groups is 1. The van der Waals surface area contributed by atoms with E-state index in [-0.39, 0.29) is 12.3 Å². The molecule has 6 nitrogen and oxygen atoms in total. The monoisotopic (exact) mass is 347 g/mol. The van der Waals surface area contributed by atoms with Crippen LogP contribution in [0, 0.1) is 0 Å². The van der Waals surface area contributed by atoms with Crippen LogP contribution in [0.5, 0.6) is 0 Å². The summed E-state index contributed by atoms with van der Waals surface area (Å²) >= 11 is 11.8. The van der Waals surface area contributed by atoms with Crippen molar-refractivity contribution >= 4 is 34.9 Å². The van der Waals surface area contributed by atoms with Gasteiger partial charge in [-0.25, -0.2) is 14.6 Å². The number of aromatic nitrogens is 4. The summed E-state index contributed by atoms with van der Waals surface area (Å²) in [6.45, 7) is 0. The molecule has 0 spiro atoms. The first kappa shape index (κ1) is 15.5. The highest BCUT2D eigenvalue weighted by Crippen LogP contribution is 2.22. The molecule has 0 aliphatic rings. The summed E-state index contributed by atoms with van der Waals surface area (Å²) in [5, 5.41) is 7.61. The third kappa shape index (κ3) is 3.85. The van der Waals surface area contributed by atoms with Gasteiger partial charge in [0, 0.05) is 0 Å². The molecule has 116 valence electrons. The molecular formula is C15H11Cl2N5O. The number of amides is 1. The van der Waals surface area contributed by atoms with Crippen LogP contribution in [0.1, 0.15) is 5.56 Å². The lowest BCUT2D eigenvalue weighted by molar-refractivity contribution is -0.115. The lowest BCUT2D eigenvalue weighted by atomic mass is 10.1. The quantitative estimate of drug-likeness (QED) is 0.786. The van der Waals surface area contributed by atoms with Crippen LogP contribution < -0.4 is 5.32 Å². The SMILES string of the molecule is O=C(Cc1ccc(Cl)c(Cl)c1)Nc1ccc(-n2cncn2)cn1. The van der Waals surface area contributed by atoms with E-state index in [1.165, 1.54) is 6.33 Å². The van der Waals surface area contributed by atoms with Crippen LogP contribution in [0.3, 0.4) is 0 Å². The van der Waals surface area contributed by atoms with Crippen LogP contribution in [0.15, 0.2) is 49.2 Å². The number of hydrogen-bond donors (Lipinski definition) is 1. The average molecular weight is 348 g/mol. The maximum absolute atomic E-state index is 12.0. The van der Waals surface area contributed by atoms with E-state index in [2.05, 4.69) is 20.4 Å². The Morgan fingerprint density at radius 3 is 2.70 bits per heavy atom. The van der Waals surface area contributed by atoms with Gasteiger partial charge in [0.05, 0.1) is 28.4 Å². The standard InChI is InChI=1S/C15H11Cl2N5O/c16-12-3-1-10(5-13(12)17)6-15(23)21-14-4-2-11(7-19-14)22-9-18-8-20-22/h1-5,7-9H,6H2,(H,19,21,23). The zero-order chi connectivity index (χ0) is 16.2. The third-order valence-corrected chi connectivity index (χ3v) is 3.79. The highest BCUT2D eigenvalue weighted by Gasteiger charge is 2.07. The predicted molar refractivity (Wildman–Crippen MR) is 87.9 cm³/mol. The Bertz CT molecular complexity index is 818. The highest BCUT2D eigenvalue weighted by molar-refractivity contribution is 6.42. The van der Waals surface area contributed by atoms with Crippen molar-refractivity contribution in [2.24, 2.45) is 0 Å². The molecule has 1 aromatic carbocycles. The summed E-state index contributed by atoms with van der Waals surface area (Å²) in [7, 11) is 0. The second kappa shape index (κ2) is 6.76. The first-order valence-electron chi connectivity index (χ1n) is 6.66. The number of carbonyl (C=O) groups excluding carboxylic acids is 1. The maximum Gasteiger partial charge on any atom is 0.229 e. The normalized spacial score (nSPS) is 10.5. The number of nitrogens with one attached hydrogen (secondary N) is 1. The van der Waals surface area contributed by atoms with E-state index in [0.29, 0.717) is 15.9 Å². The van der Waals surface area contributed by atoms with Crippen LogP contribution in [-0.2, 0) is 11.2 Å². The van der Waals surface area contributed by atoms with Crippen LogP contribution in [0.4, 0.5) is 5.82 Å². The lowest BCUT2D eigenvalue weighted by Crippen LogP contribution is -2.15. The van der Waals surface area contributed by atoms with Crippen molar-refractivity contribution in [1.82, 2.24) is 19.7 Å². The van der Waals surface area contributed by atoms with Crippen LogP contribution in [0.25, 0.3) is 5.69 Å². The summed E-state index contributed by atoms with van der Waals surface area (Å²) in [5.41, 5.74) is 1.53. The number of benzene rings is 1. The highest BCUT2D eigenvalue weighted by atomic mass is 35.5. The average Bonchev–Trinajstić information content (AvgIpc) is 3.06. The van der Waals surface area contributed by atoms with Crippen molar-refractivity contribution < 1.29 is 4.79 Å². The molecule has 2 aromatic heterocycles. The molecule has 0 saturated heterocycles. The first-order chi connectivity index (χ1) is 11.1. The largest absolute Gasteiger partial charge is 0.310 e. The number of anilines is 1.